The third-order valence-corrected chi connectivity index (χ3v) is 4.31. The number of halogens is 1. The summed E-state index contributed by atoms with van der Waals surface area (Å²) in [5.74, 6) is 0.729. The SMILES string of the molecule is CCN(C)C(=O)c1c(Cl)c2cccnc2n2c(C(C)C)nnc12. The third kappa shape index (κ3) is 2.34. The van der Waals surface area contributed by atoms with Gasteiger partial charge in [-0.05, 0) is 19.1 Å². The van der Waals surface area contributed by atoms with Crippen LogP contribution < -0.4 is 0 Å². The molecule has 3 heterocycles. The molecule has 0 aromatic carbocycles. The van der Waals surface area contributed by atoms with E-state index in [-0.39, 0.29) is 11.8 Å². The molecule has 0 saturated carbocycles. The van der Waals surface area contributed by atoms with Gasteiger partial charge in [-0.25, -0.2) is 4.98 Å². The predicted octanol–water partition coefficient (Wildman–Crippen LogP) is 3.15. The van der Waals surface area contributed by atoms with Crippen LogP contribution >= 0.6 is 11.6 Å². The molecule has 23 heavy (non-hydrogen) atoms. The van der Waals surface area contributed by atoms with Crippen LogP contribution in [0.1, 0.15) is 42.9 Å². The molecule has 3 aromatic heterocycles. The lowest BCUT2D eigenvalue weighted by Gasteiger charge is -2.17. The normalized spacial score (nSPS) is 11.6. The number of pyridine rings is 2. The van der Waals surface area contributed by atoms with Crippen molar-refractivity contribution in [1.29, 1.82) is 0 Å². The van der Waals surface area contributed by atoms with E-state index in [1.165, 1.54) is 0 Å². The Morgan fingerprint density at radius 1 is 1.35 bits per heavy atom. The van der Waals surface area contributed by atoms with Crippen molar-refractivity contribution in [3.05, 3.63) is 34.7 Å². The Kier molecular flexibility index (Phi) is 3.93. The Bertz CT molecular complexity index is 902. The van der Waals surface area contributed by atoms with Crippen molar-refractivity contribution in [3.8, 4) is 0 Å². The summed E-state index contributed by atoms with van der Waals surface area (Å²) in [7, 11) is 1.74. The number of fused-ring (bicyclic) bond motifs is 3. The van der Waals surface area contributed by atoms with Gasteiger partial charge in [-0.2, -0.15) is 0 Å². The molecule has 0 atom stereocenters. The Balaban J connectivity index is 2.48. The second-order valence-electron chi connectivity index (χ2n) is 5.75. The first kappa shape index (κ1) is 15.7. The smallest absolute Gasteiger partial charge is 0.258 e. The summed E-state index contributed by atoms with van der Waals surface area (Å²) >= 11 is 6.54. The molecule has 0 saturated heterocycles. The first-order valence-electron chi connectivity index (χ1n) is 7.54. The minimum atomic E-state index is -0.170. The van der Waals surface area contributed by atoms with Crippen LogP contribution in [0, 0.1) is 0 Å². The van der Waals surface area contributed by atoms with Crippen LogP contribution in [0.4, 0.5) is 0 Å². The standard InChI is InChI=1S/C16H18ClN5O/c1-5-21(4)16(23)11-12(17)10-7-6-8-18-14(10)22-13(9(2)3)19-20-15(11)22/h6-9H,5H2,1-4H3. The van der Waals surface area contributed by atoms with Gasteiger partial charge < -0.3 is 4.90 Å². The highest BCUT2D eigenvalue weighted by Gasteiger charge is 2.25. The summed E-state index contributed by atoms with van der Waals surface area (Å²) in [6.45, 7) is 6.55. The van der Waals surface area contributed by atoms with Crippen molar-refractivity contribution in [2.45, 2.75) is 26.7 Å². The molecular formula is C16H18ClN5O. The van der Waals surface area contributed by atoms with Crippen molar-refractivity contribution in [2.24, 2.45) is 0 Å². The van der Waals surface area contributed by atoms with E-state index in [9.17, 15) is 4.79 Å². The van der Waals surface area contributed by atoms with Crippen LogP contribution in [0.3, 0.4) is 0 Å². The van der Waals surface area contributed by atoms with E-state index in [1.54, 1.807) is 24.2 Å². The summed E-state index contributed by atoms with van der Waals surface area (Å²) in [5, 5.41) is 9.58. The van der Waals surface area contributed by atoms with Gasteiger partial charge in [0.05, 0.1) is 5.02 Å². The van der Waals surface area contributed by atoms with Gasteiger partial charge in [-0.15, -0.1) is 10.2 Å². The maximum atomic E-state index is 12.8. The van der Waals surface area contributed by atoms with Crippen molar-refractivity contribution in [2.75, 3.05) is 13.6 Å². The molecule has 6 nitrogen and oxygen atoms in total. The molecular weight excluding hydrogens is 314 g/mol. The van der Waals surface area contributed by atoms with Gasteiger partial charge in [0.2, 0.25) is 0 Å². The van der Waals surface area contributed by atoms with Crippen molar-refractivity contribution >= 4 is 34.2 Å². The first-order chi connectivity index (χ1) is 11.0. The highest BCUT2D eigenvalue weighted by molar-refractivity contribution is 6.39. The third-order valence-electron chi connectivity index (χ3n) is 3.92. The van der Waals surface area contributed by atoms with E-state index in [1.807, 2.05) is 31.2 Å². The number of carbonyl (C=O) groups excluding carboxylic acids is 1. The molecule has 3 aromatic rings. The second-order valence-corrected chi connectivity index (χ2v) is 6.13. The number of amides is 1. The van der Waals surface area contributed by atoms with Crippen LogP contribution in [-0.2, 0) is 0 Å². The van der Waals surface area contributed by atoms with Crippen LogP contribution in [0.25, 0.3) is 16.7 Å². The van der Waals surface area contributed by atoms with Crippen molar-refractivity contribution in [1.82, 2.24) is 24.5 Å². The molecule has 120 valence electrons. The largest absolute Gasteiger partial charge is 0.342 e. The summed E-state index contributed by atoms with van der Waals surface area (Å²) in [5.41, 5.74) is 1.49. The monoisotopic (exact) mass is 331 g/mol. The van der Waals surface area contributed by atoms with Crippen molar-refractivity contribution < 1.29 is 4.79 Å². The summed E-state index contributed by atoms with van der Waals surface area (Å²) in [4.78, 5) is 18.8. The van der Waals surface area contributed by atoms with Gasteiger partial charge in [0.15, 0.2) is 5.65 Å². The Hall–Kier alpha value is -2.21. The van der Waals surface area contributed by atoms with Crippen molar-refractivity contribution in [3.63, 3.8) is 0 Å². The van der Waals surface area contributed by atoms with E-state index in [4.69, 9.17) is 11.6 Å². The fraction of sp³-hybridized carbons (Fsp3) is 0.375. The van der Waals surface area contributed by atoms with Crippen LogP contribution in [0.5, 0.6) is 0 Å². The molecule has 0 unspecified atom stereocenters. The molecule has 0 N–H and O–H groups in total. The van der Waals surface area contributed by atoms with E-state index in [2.05, 4.69) is 15.2 Å². The Morgan fingerprint density at radius 3 is 2.74 bits per heavy atom. The highest BCUT2D eigenvalue weighted by atomic mass is 35.5. The van der Waals surface area contributed by atoms with Gasteiger partial charge in [0.25, 0.3) is 5.91 Å². The molecule has 0 aliphatic carbocycles. The molecule has 0 fully saturated rings. The maximum absolute atomic E-state index is 12.8. The van der Waals surface area contributed by atoms with Crippen LogP contribution in [0.2, 0.25) is 5.02 Å². The molecule has 0 spiro atoms. The minimum Gasteiger partial charge on any atom is -0.342 e. The average Bonchev–Trinajstić information content (AvgIpc) is 2.99. The van der Waals surface area contributed by atoms with Gasteiger partial charge in [-0.3, -0.25) is 9.20 Å². The molecule has 0 bridgehead atoms. The molecule has 3 rings (SSSR count). The predicted molar refractivity (Wildman–Crippen MR) is 90.0 cm³/mol. The minimum absolute atomic E-state index is 0.142. The topological polar surface area (TPSA) is 63.4 Å². The average molecular weight is 332 g/mol. The van der Waals surface area contributed by atoms with E-state index < -0.39 is 0 Å². The van der Waals surface area contributed by atoms with E-state index in [0.717, 1.165) is 11.2 Å². The lowest BCUT2D eigenvalue weighted by Crippen LogP contribution is -2.27. The number of nitrogens with zero attached hydrogens (tertiary/aromatic N) is 5. The molecule has 1 amide bonds. The molecule has 0 aliphatic heterocycles. The number of hydrogen-bond acceptors (Lipinski definition) is 4. The number of rotatable bonds is 3. The number of carbonyl (C=O) groups is 1. The van der Waals surface area contributed by atoms with Crippen LogP contribution in [-0.4, -0.2) is 44.0 Å². The van der Waals surface area contributed by atoms with Gasteiger partial charge >= 0.3 is 0 Å². The number of hydrogen-bond donors (Lipinski definition) is 0. The zero-order valence-electron chi connectivity index (χ0n) is 13.5. The lowest BCUT2D eigenvalue weighted by molar-refractivity contribution is 0.0804. The molecule has 0 aliphatic rings. The second kappa shape index (κ2) is 5.77. The van der Waals surface area contributed by atoms with Gasteiger partial charge in [-0.1, -0.05) is 25.4 Å². The summed E-state index contributed by atoms with van der Waals surface area (Å²) in [6.07, 6.45) is 1.70. The first-order valence-corrected chi connectivity index (χ1v) is 7.91. The lowest BCUT2D eigenvalue weighted by atomic mass is 10.1. The number of aromatic nitrogens is 4. The fourth-order valence-corrected chi connectivity index (χ4v) is 2.86. The van der Waals surface area contributed by atoms with Gasteiger partial charge in [0, 0.05) is 31.1 Å². The fourth-order valence-electron chi connectivity index (χ4n) is 2.54. The van der Waals surface area contributed by atoms with Gasteiger partial charge in [0.1, 0.15) is 17.0 Å². The van der Waals surface area contributed by atoms with E-state index >= 15 is 0 Å². The maximum Gasteiger partial charge on any atom is 0.258 e. The zero-order valence-corrected chi connectivity index (χ0v) is 14.3. The van der Waals surface area contributed by atoms with E-state index in [0.29, 0.717) is 28.4 Å². The summed E-state index contributed by atoms with van der Waals surface area (Å²) in [6, 6.07) is 3.66. The Labute approximate surface area is 139 Å². The summed E-state index contributed by atoms with van der Waals surface area (Å²) < 4.78 is 1.84. The van der Waals surface area contributed by atoms with Crippen LogP contribution in [0.15, 0.2) is 18.3 Å². The molecule has 0 radical (unpaired) electrons. The molecule has 7 heteroatoms. The highest BCUT2D eigenvalue weighted by Crippen LogP contribution is 2.31. The zero-order chi connectivity index (χ0) is 16.7. The quantitative estimate of drug-likeness (QED) is 0.739. The Morgan fingerprint density at radius 2 is 2.09 bits per heavy atom.